The van der Waals surface area contributed by atoms with Gasteiger partial charge in [-0.25, -0.2) is 0 Å². The van der Waals surface area contributed by atoms with Crippen molar-refractivity contribution in [2.75, 3.05) is 26.2 Å². The van der Waals surface area contributed by atoms with E-state index in [9.17, 15) is 13.2 Å². The average Bonchev–Trinajstić information content (AvgIpc) is 2.39. The van der Waals surface area contributed by atoms with Crippen LogP contribution in [0.2, 0.25) is 0 Å². The summed E-state index contributed by atoms with van der Waals surface area (Å²) in [6.07, 6.45) is 2.95. The summed E-state index contributed by atoms with van der Waals surface area (Å²) < 4.78 is 28.2. The van der Waals surface area contributed by atoms with Gasteiger partial charge >= 0.3 is 0 Å². The molecule has 0 aromatic carbocycles. The van der Waals surface area contributed by atoms with E-state index in [1.165, 1.54) is 4.31 Å². The first-order chi connectivity index (χ1) is 8.95. The number of hydrogen-bond acceptors (Lipinski definition) is 3. The summed E-state index contributed by atoms with van der Waals surface area (Å²) in [5.74, 6) is 0.700. The number of hydrogen-bond donors (Lipinski definition) is 0. The van der Waals surface area contributed by atoms with Gasteiger partial charge in [-0.3, -0.25) is 4.79 Å². The van der Waals surface area contributed by atoms with Gasteiger partial charge in [-0.05, 0) is 25.2 Å². The molecule has 1 unspecified atom stereocenters. The molecule has 110 valence electrons. The van der Waals surface area contributed by atoms with E-state index in [-0.39, 0.29) is 11.7 Å². The van der Waals surface area contributed by atoms with Gasteiger partial charge in [-0.15, -0.1) is 0 Å². The first-order valence-electron chi connectivity index (χ1n) is 7.23. The van der Waals surface area contributed by atoms with E-state index in [1.807, 2.05) is 6.92 Å². The van der Waals surface area contributed by atoms with Crippen molar-refractivity contribution in [3.63, 3.8) is 0 Å². The van der Waals surface area contributed by atoms with E-state index in [0.717, 1.165) is 19.3 Å². The van der Waals surface area contributed by atoms with Crippen LogP contribution in [0.15, 0.2) is 0 Å². The van der Waals surface area contributed by atoms with Crippen molar-refractivity contribution >= 4 is 16.0 Å². The Morgan fingerprint density at radius 3 is 2.37 bits per heavy atom. The Balaban J connectivity index is 2.05. The zero-order valence-corrected chi connectivity index (χ0v) is 12.7. The van der Waals surface area contributed by atoms with E-state index in [0.29, 0.717) is 38.5 Å². The second-order valence-electron chi connectivity index (χ2n) is 5.77. The van der Waals surface area contributed by atoms with Crippen LogP contribution in [0.3, 0.4) is 0 Å². The van der Waals surface area contributed by atoms with Gasteiger partial charge in [0.15, 0.2) is 0 Å². The molecule has 0 aliphatic carbocycles. The van der Waals surface area contributed by atoms with Crippen LogP contribution in [0.5, 0.6) is 0 Å². The van der Waals surface area contributed by atoms with Gasteiger partial charge in [-0.1, -0.05) is 13.8 Å². The average molecular weight is 288 g/mol. The molecule has 0 spiro atoms. The largest absolute Gasteiger partial charge is 0.299 e. The Morgan fingerprint density at radius 1 is 1.16 bits per heavy atom. The van der Waals surface area contributed by atoms with Crippen LogP contribution < -0.4 is 0 Å². The number of carbonyl (C=O) groups is 1. The van der Waals surface area contributed by atoms with Crippen LogP contribution in [0.1, 0.15) is 39.5 Å². The quantitative estimate of drug-likeness (QED) is 0.785. The smallest absolute Gasteiger partial charge is 0.282 e. The highest BCUT2D eigenvalue weighted by atomic mass is 32.2. The standard InChI is InChI=1S/C13H24N2O3S/c1-3-12-10-15(9-6-13(12)16)19(17,18)14-7-4-11(2)5-8-14/h11-12H,3-10H2,1-2H3. The summed E-state index contributed by atoms with van der Waals surface area (Å²) in [6, 6.07) is 0. The molecule has 5 nitrogen and oxygen atoms in total. The SMILES string of the molecule is CCC1CN(S(=O)(=O)N2CCC(C)CC2)CCC1=O. The van der Waals surface area contributed by atoms with Crippen LogP contribution in [0.25, 0.3) is 0 Å². The van der Waals surface area contributed by atoms with Crippen molar-refractivity contribution in [1.82, 2.24) is 8.61 Å². The Hall–Kier alpha value is -0.460. The Kier molecular flexibility index (Phi) is 4.63. The van der Waals surface area contributed by atoms with Gasteiger partial charge in [0.05, 0.1) is 0 Å². The number of ketones is 1. The monoisotopic (exact) mass is 288 g/mol. The lowest BCUT2D eigenvalue weighted by Crippen LogP contribution is -2.51. The molecule has 0 aromatic heterocycles. The molecular formula is C13H24N2O3S. The van der Waals surface area contributed by atoms with Crippen LogP contribution in [-0.2, 0) is 15.0 Å². The van der Waals surface area contributed by atoms with Gasteiger partial charge in [-0.2, -0.15) is 17.0 Å². The maximum atomic E-state index is 12.6. The molecule has 2 fully saturated rings. The van der Waals surface area contributed by atoms with Crippen LogP contribution in [-0.4, -0.2) is 49.0 Å². The minimum Gasteiger partial charge on any atom is -0.299 e. The highest BCUT2D eigenvalue weighted by molar-refractivity contribution is 7.86. The fourth-order valence-electron chi connectivity index (χ4n) is 2.82. The molecule has 2 aliphatic heterocycles. The van der Waals surface area contributed by atoms with E-state index in [4.69, 9.17) is 0 Å². The van der Waals surface area contributed by atoms with Crippen LogP contribution in [0, 0.1) is 11.8 Å². The minimum atomic E-state index is -3.36. The molecule has 19 heavy (non-hydrogen) atoms. The summed E-state index contributed by atoms with van der Waals surface area (Å²) >= 11 is 0. The molecule has 2 saturated heterocycles. The molecule has 1 atom stereocenters. The number of piperidine rings is 2. The third-order valence-electron chi connectivity index (χ3n) is 4.37. The normalized spacial score (nSPS) is 28.7. The fourth-order valence-corrected chi connectivity index (χ4v) is 4.51. The summed E-state index contributed by atoms with van der Waals surface area (Å²) in [5, 5.41) is 0. The maximum Gasteiger partial charge on any atom is 0.282 e. The van der Waals surface area contributed by atoms with Gasteiger partial charge in [0, 0.05) is 38.5 Å². The molecule has 0 aromatic rings. The zero-order valence-electron chi connectivity index (χ0n) is 11.8. The molecule has 0 amide bonds. The molecule has 0 radical (unpaired) electrons. The van der Waals surface area contributed by atoms with E-state index < -0.39 is 10.2 Å². The summed E-state index contributed by atoms with van der Waals surface area (Å²) in [4.78, 5) is 11.7. The second-order valence-corrected chi connectivity index (χ2v) is 7.70. The van der Waals surface area contributed by atoms with Crippen LogP contribution in [0.4, 0.5) is 0 Å². The van der Waals surface area contributed by atoms with E-state index in [1.54, 1.807) is 4.31 Å². The lowest BCUT2D eigenvalue weighted by molar-refractivity contribution is -0.125. The maximum absolute atomic E-state index is 12.6. The Morgan fingerprint density at radius 2 is 1.79 bits per heavy atom. The third-order valence-corrected chi connectivity index (χ3v) is 6.38. The molecule has 2 aliphatic rings. The lowest BCUT2D eigenvalue weighted by Gasteiger charge is -2.37. The number of Topliss-reactive ketones (excluding diaryl/α,β-unsaturated/α-hetero) is 1. The van der Waals surface area contributed by atoms with Gasteiger partial charge < -0.3 is 0 Å². The van der Waals surface area contributed by atoms with Crippen molar-refractivity contribution in [3.05, 3.63) is 0 Å². The third kappa shape index (κ3) is 3.17. The summed E-state index contributed by atoms with van der Waals surface area (Å²) in [5.41, 5.74) is 0. The first-order valence-corrected chi connectivity index (χ1v) is 8.62. The van der Waals surface area contributed by atoms with E-state index in [2.05, 4.69) is 6.92 Å². The Labute approximate surface area is 116 Å². The molecule has 2 heterocycles. The van der Waals surface area contributed by atoms with Crippen molar-refractivity contribution in [1.29, 1.82) is 0 Å². The molecule has 0 N–H and O–H groups in total. The number of nitrogens with zero attached hydrogens (tertiary/aromatic N) is 2. The zero-order chi connectivity index (χ0) is 14.0. The second kappa shape index (κ2) is 5.89. The topological polar surface area (TPSA) is 57.7 Å². The predicted octanol–water partition coefficient (Wildman–Crippen LogP) is 1.26. The molecular weight excluding hydrogens is 264 g/mol. The van der Waals surface area contributed by atoms with Crippen molar-refractivity contribution in [2.45, 2.75) is 39.5 Å². The summed E-state index contributed by atoms with van der Waals surface area (Å²) in [6.45, 7) is 6.06. The van der Waals surface area contributed by atoms with Gasteiger partial charge in [0.1, 0.15) is 5.78 Å². The molecule has 0 saturated carbocycles. The number of carbonyl (C=O) groups excluding carboxylic acids is 1. The minimum absolute atomic E-state index is 0.118. The highest BCUT2D eigenvalue weighted by Gasteiger charge is 2.37. The van der Waals surface area contributed by atoms with Gasteiger partial charge in [0.25, 0.3) is 10.2 Å². The molecule has 0 bridgehead atoms. The van der Waals surface area contributed by atoms with Crippen molar-refractivity contribution < 1.29 is 13.2 Å². The number of rotatable bonds is 3. The fraction of sp³-hybridized carbons (Fsp3) is 0.923. The molecule has 6 heteroatoms. The van der Waals surface area contributed by atoms with Gasteiger partial charge in [0.2, 0.25) is 0 Å². The first kappa shape index (κ1) is 14.9. The highest BCUT2D eigenvalue weighted by Crippen LogP contribution is 2.24. The van der Waals surface area contributed by atoms with Crippen molar-refractivity contribution in [2.24, 2.45) is 11.8 Å². The van der Waals surface area contributed by atoms with Crippen molar-refractivity contribution in [3.8, 4) is 0 Å². The van der Waals surface area contributed by atoms with E-state index >= 15 is 0 Å². The predicted molar refractivity (Wildman–Crippen MR) is 73.9 cm³/mol. The Bertz CT molecular complexity index is 427. The van der Waals surface area contributed by atoms with Crippen LogP contribution >= 0.6 is 0 Å². The summed E-state index contributed by atoms with van der Waals surface area (Å²) in [7, 11) is -3.36. The molecule has 2 rings (SSSR count). The lowest BCUT2D eigenvalue weighted by atomic mass is 9.96.